The number of aromatic nitrogens is 4. The first-order valence-corrected chi connectivity index (χ1v) is 13.0. The molecule has 0 saturated heterocycles. The fraction of sp³-hybridized carbons (Fsp3) is 0.433. The Balaban J connectivity index is 0.000000207. The average Bonchev–Trinajstić information content (AvgIpc) is 3.32. The third-order valence-corrected chi connectivity index (χ3v) is 6.89. The highest BCUT2D eigenvalue weighted by Gasteiger charge is 2.27. The summed E-state index contributed by atoms with van der Waals surface area (Å²) in [6, 6.07) is 11.6. The van der Waals surface area contributed by atoms with Crippen LogP contribution in [0.15, 0.2) is 42.7 Å². The molecule has 4 aromatic rings. The number of hydrogen-bond donors (Lipinski definition) is 1. The fourth-order valence-electron chi connectivity index (χ4n) is 4.72. The Morgan fingerprint density at radius 3 is 2.54 bits per heavy atom. The minimum absolute atomic E-state index is 0.292. The van der Waals surface area contributed by atoms with Crippen LogP contribution < -0.4 is 4.74 Å². The van der Waals surface area contributed by atoms with Crippen LogP contribution in [0.25, 0.3) is 22.2 Å². The summed E-state index contributed by atoms with van der Waals surface area (Å²) in [5.41, 5.74) is 8.55. The molecule has 0 spiro atoms. The summed E-state index contributed by atoms with van der Waals surface area (Å²) >= 11 is 0. The zero-order chi connectivity index (χ0) is 26.6. The summed E-state index contributed by atoms with van der Waals surface area (Å²) in [7, 11) is 0. The summed E-state index contributed by atoms with van der Waals surface area (Å²) in [6.07, 6.45) is 4.43. The number of fused-ring (bicyclic) bond motifs is 2. The van der Waals surface area contributed by atoms with Crippen LogP contribution >= 0.6 is 0 Å². The van der Waals surface area contributed by atoms with E-state index >= 15 is 0 Å². The van der Waals surface area contributed by atoms with Crippen LogP contribution in [0.4, 0.5) is 8.78 Å². The number of imidazole rings is 1. The minimum Gasteiger partial charge on any atom is -0.493 e. The van der Waals surface area contributed by atoms with Crippen molar-refractivity contribution in [1.82, 2.24) is 19.9 Å². The number of aromatic amines is 1. The van der Waals surface area contributed by atoms with Gasteiger partial charge in [-0.1, -0.05) is 39.8 Å². The van der Waals surface area contributed by atoms with Crippen LogP contribution in [-0.2, 0) is 19.3 Å². The van der Waals surface area contributed by atoms with Gasteiger partial charge in [0, 0.05) is 11.4 Å². The predicted molar refractivity (Wildman–Crippen MR) is 144 cm³/mol. The van der Waals surface area contributed by atoms with Gasteiger partial charge >= 0.3 is 0 Å². The van der Waals surface area contributed by atoms with Crippen molar-refractivity contribution in [2.45, 2.75) is 73.1 Å². The van der Waals surface area contributed by atoms with Gasteiger partial charge in [0.15, 0.2) is 5.82 Å². The number of alkyl halides is 2. The van der Waals surface area contributed by atoms with E-state index in [2.05, 4.69) is 60.6 Å². The Bertz CT molecular complexity index is 1360. The molecule has 1 N–H and O–H groups in total. The van der Waals surface area contributed by atoms with E-state index in [1.54, 1.807) is 12.4 Å². The first-order valence-electron chi connectivity index (χ1n) is 13.0. The van der Waals surface area contributed by atoms with E-state index in [1.807, 2.05) is 24.3 Å². The zero-order valence-electron chi connectivity index (χ0n) is 22.4. The second-order valence-electron chi connectivity index (χ2n) is 10.4. The molecule has 7 heteroatoms. The number of rotatable bonds is 6. The molecule has 0 unspecified atom stereocenters. The highest BCUT2D eigenvalue weighted by Crippen LogP contribution is 2.34. The lowest BCUT2D eigenvalue weighted by molar-refractivity contribution is 0.142. The molecule has 0 aliphatic heterocycles. The van der Waals surface area contributed by atoms with Crippen LogP contribution in [0.5, 0.6) is 5.75 Å². The van der Waals surface area contributed by atoms with Crippen molar-refractivity contribution in [3.63, 3.8) is 0 Å². The van der Waals surface area contributed by atoms with Crippen molar-refractivity contribution in [3.05, 3.63) is 71.1 Å². The van der Waals surface area contributed by atoms with Crippen LogP contribution in [-0.4, -0.2) is 26.5 Å². The molecular formula is C30H36F2N4O. The molecule has 2 heterocycles. The van der Waals surface area contributed by atoms with E-state index in [1.165, 1.54) is 17.7 Å². The van der Waals surface area contributed by atoms with E-state index < -0.39 is 6.43 Å². The summed E-state index contributed by atoms with van der Waals surface area (Å²) in [5.74, 6) is 0.616. The maximum absolute atomic E-state index is 12.8. The maximum atomic E-state index is 12.8. The zero-order valence-corrected chi connectivity index (χ0v) is 22.4. The van der Waals surface area contributed by atoms with Crippen molar-refractivity contribution in [3.8, 4) is 16.9 Å². The van der Waals surface area contributed by atoms with Gasteiger partial charge < -0.3 is 9.72 Å². The first kappa shape index (κ1) is 26.7. The highest BCUT2D eigenvalue weighted by molar-refractivity contribution is 5.82. The summed E-state index contributed by atoms with van der Waals surface area (Å²) in [6.45, 7) is 11.6. The monoisotopic (exact) mass is 506 g/mol. The Morgan fingerprint density at radius 1 is 1.05 bits per heavy atom. The largest absolute Gasteiger partial charge is 0.493 e. The second kappa shape index (κ2) is 11.4. The number of nitrogens with zero attached hydrogens (tertiary/aromatic N) is 3. The summed E-state index contributed by atoms with van der Waals surface area (Å²) in [4.78, 5) is 15.2. The molecule has 2 aromatic heterocycles. The number of benzene rings is 2. The van der Waals surface area contributed by atoms with E-state index in [-0.39, 0.29) is 5.82 Å². The first-order chi connectivity index (χ1) is 17.7. The van der Waals surface area contributed by atoms with E-state index in [0.717, 1.165) is 53.8 Å². The molecule has 37 heavy (non-hydrogen) atoms. The predicted octanol–water partition coefficient (Wildman–Crippen LogP) is 7.82. The number of ether oxygens (including phenoxy) is 1. The Morgan fingerprint density at radius 2 is 1.81 bits per heavy atom. The molecule has 0 atom stereocenters. The van der Waals surface area contributed by atoms with E-state index in [4.69, 9.17) is 4.74 Å². The molecule has 196 valence electrons. The number of aryl methyl sites for hydroxylation is 3. The SMILES string of the molecule is CCCOc1ccc(-c2ccc3nc(C(F)F)[nH]c3c2)cc1CC.Cc1ncnc2c1CC(C)(C)CC2. The van der Waals surface area contributed by atoms with Gasteiger partial charge in [0.2, 0.25) is 0 Å². The lowest BCUT2D eigenvalue weighted by Gasteiger charge is -2.30. The van der Waals surface area contributed by atoms with Gasteiger partial charge in [-0.3, -0.25) is 0 Å². The van der Waals surface area contributed by atoms with Crippen molar-refractivity contribution in [2.75, 3.05) is 6.61 Å². The smallest absolute Gasteiger partial charge is 0.295 e. The van der Waals surface area contributed by atoms with Crippen molar-refractivity contribution >= 4 is 11.0 Å². The van der Waals surface area contributed by atoms with Crippen molar-refractivity contribution in [1.29, 1.82) is 0 Å². The summed E-state index contributed by atoms with van der Waals surface area (Å²) < 4.78 is 31.3. The average molecular weight is 507 g/mol. The third-order valence-electron chi connectivity index (χ3n) is 6.89. The molecule has 0 bridgehead atoms. The van der Waals surface area contributed by atoms with Gasteiger partial charge in [0.1, 0.15) is 12.1 Å². The normalized spacial score (nSPS) is 14.3. The van der Waals surface area contributed by atoms with Gasteiger partial charge in [0.25, 0.3) is 6.43 Å². The van der Waals surface area contributed by atoms with Crippen LogP contribution in [0, 0.1) is 12.3 Å². The molecule has 0 saturated carbocycles. The van der Waals surface area contributed by atoms with Crippen LogP contribution in [0.1, 0.15) is 75.3 Å². The molecule has 5 nitrogen and oxygen atoms in total. The molecular weight excluding hydrogens is 470 g/mol. The van der Waals surface area contributed by atoms with E-state index in [9.17, 15) is 8.78 Å². The van der Waals surface area contributed by atoms with Crippen molar-refractivity contribution < 1.29 is 13.5 Å². The van der Waals surface area contributed by atoms with Crippen molar-refractivity contribution in [2.24, 2.45) is 5.41 Å². The molecule has 2 aromatic carbocycles. The van der Waals surface area contributed by atoms with Gasteiger partial charge in [-0.05, 0) is 91.0 Å². The topological polar surface area (TPSA) is 63.7 Å². The Labute approximate surface area is 217 Å². The Kier molecular flexibility index (Phi) is 8.20. The minimum atomic E-state index is -2.59. The maximum Gasteiger partial charge on any atom is 0.295 e. The molecule has 0 amide bonds. The third kappa shape index (κ3) is 6.32. The fourth-order valence-corrected chi connectivity index (χ4v) is 4.72. The van der Waals surface area contributed by atoms with Crippen LogP contribution in [0.2, 0.25) is 0 Å². The number of H-pyrrole nitrogens is 1. The number of halogens is 2. The molecule has 0 radical (unpaired) electrons. The summed E-state index contributed by atoms with van der Waals surface area (Å²) in [5, 5.41) is 0. The second-order valence-corrected chi connectivity index (χ2v) is 10.4. The van der Waals surface area contributed by atoms with Gasteiger partial charge in [-0.25, -0.2) is 23.7 Å². The molecule has 5 rings (SSSR count). The van der Waals surface area contributed by atoms with Gasteiger partial charge in [0.05, 0.1) is 17.6 Å². The Hall–Kier alpha value is -3.35. The lowest BCUT2D eigenvalue weighted by Crippen LogP contribution is -2.24. The van der Waals surface area contributed by atoms with Gasteiger partial charge in [-0.2, -0.15) is 0 Å². The number of hydrogen-bond acceptors (Lipinski definition) is 4. The quantitative estimate of drug-likeness (QED) is 0.290. The highest BCUT2D eigenvalue weighted by atomic mass is 19.3. The standard InChI is InChI=1S/C19H20F2N2O.C11H16N2/c1-3-9-24-17-8-6-13(10-12(17)4-2)14-5-7-15-16(11-14)23-19(22-15)18(20)21;1-8-9-6-11(2,3)5-4-10(9)13-7-12-8/h5-8,10-11,18H,3-4,9H2,1-2H3,(H,22,23);7H,4-6H2,1-3H3. The molecule has 0 fully saturated rings. The van der Waals surface area contributed by atoms with Crippen LogP contribution in [0.3, 0.4) is 0 Å². The molecule has 1 aliphatic carbocycles. The lowest BCUT2D eigenvalue weighted by atomic mass is 9.75. The van der Waals surface area contributed by atoms with E-state index in [0.29, 0.717) is 23.1 Å². The van der Waals surface area contributed by atoms with Gasteiger partial charge in [-0.15, -0.1) is 0 Å². The number of nitrogens with one attached hydrogen (secondary N) is 1. The molecule has 1 aliphatic rings.